The van der Waals surface area contributed by atoms with Gasteiger partial charge < -0.3 is 14.2 Å². The van der Waals surface area contributed by atoms with Crippen LogP contribution in [0.25, 0.3) is 0 Å². The van der Waals surface area contributed by atoms with Crippen molar-refractivity contribution >= 4 is 11.9 Å². The second-order valence-electron chi connectivity index (χ2n) is 9.68. The highest BCUT2D eigenvalue weighted by molar-refractivity contribution is 5.89. The van der Waals surface area contributed by atoms with Crippen LogP contribution in [0.2, 0.25) is 0 Å². The van der Waals surface area contributed by atoms with Crippen molar-refractivity contribution in [1.29, 1.82) is 0 Å². The maximum absolute atomic E-state index is 12.2. The predicted molar refractivity (Wildman–Crippen MR) is 127 cm³/mol. The van der Waals surface area contributed by atoms with E-state index in [1.807, 2.05) is 36.4 Å². The number of ether oxygens (including phenoxy) is 3. The van der Waals surface area contributed by atoms with Crippen molar-refractivity contribution in [3.05, 3.63) is 71.8 Å². The molecule has 1 saturated heterocycles. The molecular formula is C27H35NO5. The minimum absolute atomic E-state index is 0.0635. The molecule has 0 radical (unpaired) electrons. The minimum Gasteiger partial charge on any atom is -0.461 e. The minimum atomic E-state index is -0.334. The van der Waals surface area contributed by atoms with Gasteiger partial charge in [-0.05, 0) is 64.8 Å². The van der Waals surface area contributed by atoms with Crippen LogP contribution in [0.3, 0.4) is 0 Å². The van der Waals surface area contributed by atoms with Crippen molar-refractivity contribution in [3.63, 3.8) is 0 Å². The van der Waals surface area contributed by atoms with Gasteiger partial charge in [0.25, 0.3) is 0 Å². The van der Waals surface area contributed by atoms with E-state index >= 15 is 0 Å². The molecule has 33 heavy (non-hydrogen) atoms. The van der Waals surface area contributed by atoms with Gasteiger partial charge in [0.2, 0.25) is 0 Å². The zero-order chi connectivity index (χ0) is 23.9. The van der Waals surface area contributed by atoms with E-state index in [0.29, 0.717) is 30.9 Å². The molecule has 1 fully saturated rings. The Morgan fingerprint density at radius 3 is 1.70 bits per heavy atom. The molecule has 0 aliphatic carbocycles. The van der Waals surface area contributed by atoms with Gasteiger partial charge in [0, 0.05) is 17.6 Å². The largest absolute Gasteiger partial charge is 0.461 e. The lowest BCUT2D eigenvalue weighted by atomic mass is 9.78. The molecule has 1 heterocycles. The van der Waals surface area contributed by atoms with Gasteiger partial charge in [0.1, 0.15) is 13.2 Å². The predicted octanol–water partition coefficient (Wildman–Crippen LogP) is 4.74. The molecule has 0 atom stereocenters. The fourth-order valence-corrected chi connectivity index (χ4v) is 4.84. The van der Waals surface area contributed by atoms with Crippen LogP contribution in [0.1, 0.15) is 61.3 Å². The van der Waals surface area contributed by atoms with Gasteiger partial charge in [-0.1, -0.05) is 36.4 Å². The first kappa shape index (κ1) is 24.9. The first-order valence-corrected chi connectivity index (χ1v) is 11.5. The van der Waals surface area contributed by atoms with Gasteiger partial charge in [-0.15, -0.1) is 0 Å². The molecule has 0 aromatic heterocycles. The summed E-state index contributed by atoms with van der Waals surface area (Å²) in [5, 5.41) is 0. The fourth-order valence-electron chi connectivity index (χ4n) is 4.84. The summed E-state index contributed by atoms with van der Waals surface area (Å²) in [6.45, 7) is 10.4. The second kappa shape index (κ2) is 10.9. The van der Waals surface area contributed by atoms with Crippen LogP contribution in [0, 0.1) is 0 Å². The lowest BCUT2D eigenvalue weighted by Gasteiger charge is -2.55. The van der Waals surface area contributed by atoms with Gasteiger partial charge in [-0.2, -0.15) is 0 Å². The molecule has 178 valence electrons. The lowest BCUT2D eigenvalue weighted by molar-refractivity contribution is -0.112. The third kappa shape index (κ3) is 6.89. The zero-order valence-electron chi connectivity index (χ0n) is 20.1. The Morgan fingerprint density at radius 2 is 1.21 bits per heavy atom. The first-order chi connectivity index (χ1) is 15.7. The maximum Gasteiger partial charge on any atom is 0.338 e. The SMILES string of the molecule is CC1(C)CC(OCCOC(=O)c2ccccc2)CC(C)(C)N1CCOC(=O)c1ccccc1. The molecule has 0 bridgehead atoms. The Bertz CT molecular complexity index is 893. The summed E-state index contributed by atoms with van der Waals surface area (Å²) in [7, 11) is 0. The Balaban J connectivity index is 1.45. The van der Waals surface area contributed by atoms with Crippen LogP contribution >= 0.6 is 0 Å². The lowest BCUT2D eigenvalue weighted by Crippen LogP contribution is -2.62. The van der Waals surface area contributed by atoms with Crippen LogP contribution in [0.15, 0.2) is 60.7 Å². The van der Waals surface area contributed by atoms with Crippen molar-refractivity contribution in [2.75, 3.05) is 26.4 Å². The third-order valence-corrected chi connectivity index (χ3v) is 6.15. The van der Waals surface area contributed by atoms with E-state index in [9.17, 15) is 9.59 Å². The second-order valence-corrected chi connectivity index (χ2v) is 9.68. The van der Waals surface area contributed by atoms with E-state index in [2.05, 4.69) is 32.6 Å². The van der Waals surface area contributed by atoms with Crippen LogP contribution < -0.4 is 0 Å². The van der Waals surface area contributed by atoms with Crippen molar-refractivity contribution < 1.29 is 23.8 Å². The first-order valence-electron chi connectivity index (χ1n) is 11.5. The van der Waals surface area contributed by atoms with Crippen molar-refractivity contribution in [2.45, 2.75) is 57.7 Å². The number of carbonyl (C=O) groups is 2. The smallest absolute Gasteiger partial charge is 0.338 e. The average Bonchev–Trinajstić information content (AvgIpc) is 2.78. The van der Waals surface area contributed by atoms with E-state index in [0.717, 1.165) is 12.8 Å². The zero-order valence-corrected chi connectivity index (χ0v) is 20.1. The maximum atomic E-state index is 12.2. The summed E-state index contributed by atoms with van der Waals surface area (Å²) in [6.07, 6.45) is 1.75. The molecule has 0 saturated carbocycles. The van der Waals surface area contributed by atoms with Crippen LogP contribution in [0.5, 0.6) is 0 Å². The number of nitrogens with zero attached hydrogens (tertiary/aromatic N) is 1. The summed E-state index contributed by atoms with van der Waals surface area (Å²) in [6, 6.07) is 18.0. The highest BCUT2D eigenvalue weighted by Gasteiger charge is 2.45. The van der Waals surface area contributed by atoms with Gasteiger partial charge >= 0.3 is 11.9 Å². The number of carbonyl (C=O) groups excluding carboxylic acids is 2. The van der Waals surface area contributed by atoms with Gasteiger partial charge in [0.05, 0.1) is 23.8 Å². The number of hydrogen-bond donors (Lipinski definition) is 0. The average molecular weight is 454 g/mol. The number of esters is 2. The number of hydrogen-bond acceptors (Lipinski definition) is 6. The van der Waals surface area contributed by atoms with E-state index in [1.54, 1.807) is 24.3 Å². The summed E-state index contributed by atoms with van der Waals surface area (Å²) >= 11 is 0. The van der Waals surface area contributed by atoms with Crippen LogP contribution in [-0.2, 0) is 14.2 Å². The highest BCUT2D eigenvalue weighted by atomic mass is 16.6. The van der Waals surface area contributed by atoms with Gasteiger partial charge in [-0.25, -0.2) is 9.59 Å². The fraction of sp³-hybridized carbons (Fsp3) is 0.481. The van der Waals surface area contributed by atoms with Crippen LogP contribution in [-0.4, -0.2) is 60.4 Å². The number of likely N-dealkylation sites (tertiary alicyclic amines) is 1. The topological polar surface area (TPSA) is 65.1 Å². The molecule has 6 heteroatoms. The molecule has 1 aliphatic heterocycles. The molecule has 6 nitrogen and oxygen atoms in total. The standard InChI is InChI=1S/C27H35NO5/c1-26(2)19-23(31-17-18-33-25(30)22-13-9-6-10-14-22)20-27(3,4)28(26)15-16-32-24(29)21-11-7-5-8-12-21/h5-14,23H,15-20H2,1-4H3. The molecule has 1 aliphatic rings. The quantitative estimate of drug-likeness (QED) is 0.404. The van der Waals surface area contributed by atoms with Gasteiger partial charge in [-0.3, -0.25) is 4.90 Å². The Labute approximate surface area is 196 Å². The molecule has 0 unspecified atom stereocenters. The molecule has 2 aromatic carbocycles. The Kier molecular flexibility index (Phi) is 8.27. The Morgan fingerprint density at radius 1 is 0.758 bits per heavy atom. The van der Waals surface area contributed by atoms with Crippen molar-refractivity contribution in [3.8, 4) is 0 Å². The van der Waals surface area contributed by atoms with E-state index in [-0.39, 0.29) is 35.7 Å². The summed E-state index contributed by atoms with van der Waals surface area (Å²) < 4.78 is 17.0. The Hall–Kier alpha value is -2.70. The number of benzene rings is 2. The molecule has 2 aromatic rings. The molecular weight excluding hydrogens is 418 g/mol. The monoisotopic (exact) mass is 453 g/mol. The highest BCUT2D eigenvalue weighted by Crippen LogP contribution is 2.39. The number of rotatable bonds is 9. The molecule has 3 rings (SSSR count). The van der Waals surface area contributed by atoms with E-state index < -0.39 is 0 Å². The van der Waals surface area contributed by atoms with Crippen LogP contribution in [0.4, 0.5) is 0 Å². The molecule has 0 amide bonds. The summed E-state index contributed by atoms with van der Waals surface area (Å²) in [5.41, 5.74) is 0.843. The molecule has 0 spiro atoms. The van der Waals surface area contributed by atoms with Gasteiger partial charge in [0.15, 0.2) is 0 Å². The van der Waals surface area contributed by atoms with E-state index in [1.165, 1.54) is 0 Å². The summed E-state index contributed by atoms with van der Waals surface area (Å²) in [4.78, 5) is 26.7. The summed E-state index contributed by atoms with van der Waals surface area (Å²) in [5.74, 6) is -0.630. The molecule has 0 N–H and O–H groups in total. The number of piperidine rings is 1. The normalized spacial score (nSPS) is 17.9. The third-order valence-electron chi connectivity index (χ3n) is 6.15. The van der Waals surface area contributed by atoms with E-state index in [4.69, 9.17) is 14.2 Å². The van der Waals surface area contributed by atoms with Crippen molar-refractivity contribution in [2.24, 2.45) is 0 Å². The van der Waals surface area contributed by atoms with Crippen molar-refractivity contribution in [1.82, 2.24) is 4.90 Å².